The van der Waals surface area contributed by atoms with Crippen LogP contribution in [-0.4, -0.2) is 45.4 Å². The Labute approximate surface area is 205 Å². The number of carbonyl (C=O) groups excluding carboxylic acids is 1. The maximum Gasteiger partial charge on any atom is 0.340 e. The summed E-state index contributed by atoms with van der Waals surface area (Å²) in [6.45, 7) is 2.85. The highest BCUT2D eigenvalue weighted by Gasteiger charge is 2.34. The smallest absolute Gasteiger partial charge is 0.340 e. The quantitative estimate of drug-likeness (QED) is 0.182. The molecule has 0 saturated carbocycles. The molecule has 11 heteroatoms. The first-order chi connectivity index (χ1) is 17.3. The number of hydrogen-bond acceptors (Lipinski definition) is 9. The van der Waals surface area contributed by atoms with E-state index in [2.05, 4.69) is 15.6 Å². The van der Waals surface area contributed by atoms with Gasteiger partial charge in [-0.15, -0.1) is 0 Å². The number of aryl methyl sites for hydroxylation is 1. The Kier molecular flexibility index (Phi) is 6.20. The minimum Gasteiger partial charge on any atom is -0.458 e. The van der Waals surface area contributed by atoms with E-state index in [9.17, 15) is 19.1 Å². The zero-order valence-corrected chi connectivity index (χ0v) is 19.6. The summed E-state index contributed by atoms with van der Waals surface area (Å²) in [5.74, 6) is -1.20. The van der Waals surface area contributed by atoms with Crippen molar-refractivity contribution in [1.82, 2.24) is 20.2 Å². The number of carbonyl (C=O) groups is 1. The van der Waals surface area contributed by atoms with Crippen LogP contribution in [-0.2, 0) is 29.2 Å². The molecule has 0 amide bonds. The van der Waals surface area contributed by atoms with Crippen molar-refractivity contribution in [2.24, 2.45) is 5.73 Å². The zero-order valence-electron chi connectivity index (χ0n) is 19.6. The number of nitrogens with one attached hydrogen (secondary N) is 2. The Bertz CT molecular complexity index is 1480. The first-order valence-corrected chi connectivity index (χ1v) is 11.5. The second kappa shape index (κ2) is 9.34. The van der Waals surface area contributed by atoms with Crippen LogP contribution >= 0.6 is 0 Å². The van der Waals surface area contributed by atoms with Gasteiger partial charge in [-0.25, -0.2) is 14.2 Å². The molecule has 1 atom stereocenters. The normalized spacial score (nSPS) is 16.5. The number of benzene rings is 1. The average molecular weight is 496 g/mol. The number of nitrogens with zero attached hydrogens (tertiary/aromatic N) is 2. The molecule has 6 N–H and O–H groups in total. The molecule has 10 nitrogen and oxygen atoms in total. The molecule has 0 fully saturated rings. The number of pyridine rings is 2. The summed E-state index contributed by atoms with van der Waals surface area (Å²) in [6.07, 6.45) is 0.108. The molecule has 0 radical (unpaired) electrons. The Morgan fingerprint density at radius 3 is 2.92 bits per heavy atom. The van der Waals surface area contributed by atoms with E-state index in [-0.39, 0.29) is 36.4 Å². The standard InChI is InChI=1S/C25H26FN5O5/c1-12-4-14-16(9-29-8-13(27)7-28-2-3-32)17-10-31-21(22(17)30-20(14)6-19(12)26)5-15-18(24(31)34)11-36-25(35)23(15)33/h4-6,8,23,28-29,32-33H,2-3,7,9-11,27H2,1H3/b13-8-. The Hall–Kier alpha value is -3.80. The maximum atomic E-state index is 14.5. The SMILES string of the molecule is Cc1cc2c(CN/C=C(\N)CNCCO)c3c(nc2cc1F)-c1cc2c(c(=O)n1C3)COC(=O)C2O. The molecule has 0 spiro atoms. The number of rotatable bonds is 7. The Morgan fingerprint density at radius 1 is 1.33 bits per heavy atom. The number of aliphatic hydroxyl groups excluding tert-OH is 2. The monoisotopic (exact) mass is 495 g/mol. The number of cyclic esters (lactones) is 1. The van der Waals surface area contributed by atoms with Crippen molar-refractivity contribution in [3.63, 3.8) is 0 Å². The van der Waals surface area contributed by atoms with Gasteiger partial charge < -0.3 is 35.9 Å². The van der Waals surface area contributed by atoms with Gasteiger partial charge in [-0.05, 0) is 30.2 Å². The Morgan fingerprint density at radius 2 is 2.14 bits per heavy atom. The number of hydrogen-bond donors (Lipinski definition) is 5. The summed E-state index contributed by atoms with van der Waals surface area (Å²) in [4.78, 5) is 29.9. The van der Waals surface area contributed by atoms with Gasteiger partial charge in [-0.1, -0.05) is 0 Å². The lowest BCUT2D eigenvalue weighted by Gasteiger charge is -2.21. The summed E-state index contributed by atoms with van der Waals surface area (Å²) in [5, 5.41) is 26.2. The summed E-state index contributed by atoms with van der Waals surface area (Å²) >= 11 is 0. The van der Waals surface area contributed by atoms with Crippen LogP contribution in [0.2, 0.25) is 0 Å². The van der Waals surface area contributed by atoms with Crippen LogP contribution in [0.25, 0.3) is 22.3 Å². The van der Waals surface area contributed by atoms with Gasteiger partial charge in [0, 0.05) is 54.1 Å². The molecule has 188 valence electrons. The van der Waals surface area contributed by atoms with Gasteiger partial charge in [-0.3, -0.25) is 4.79 Å². The lowest BCUT2D eigenvalue weighted by Crippen LogP contribution is -2.32. The third kappa shape index (κ3) is 4.00. The van der Waals surface area contributed by atoms with Crippen molar-refractivity contribution in [2.75, 3.05) is 19.7 Å². The number of fused-ring (bicyclic) bond motifs is 5. The maximum absolute atomic E-state index is 14.5. The molecule has 1 aromatic carbocycles. The van der Waals surface area contributed by atoms with Crippen molar-refractivity contribution >= 4 is 16.9 Å². The number of halogens is 1. The van der Waals surface area contributed by atoms with Gasteiger partial charge in [0.1, 0.15) is 12.4 Å². The van der Waals surface area contributed by atoms with Crippen LogP contribution in [0.15, 0.2) is 34.9 Å². The van der Waals surface area contributed by atoms with Crippen molar-refractivity contribution in [2.45, 2.75) is 32.7 Å². The van der Waals surface area contributed by atoms with Gasteiger partial charge >= 0.3 is 5.97 Å². The van der Waals surface area contributed by atoms with Crippen molar-refractivity contribution in [1.29, 1.82) is 0 Å². The van der Waals surface area contributed by atoms with E-state index in [0.29, 0.717) is 47.8 Å². The van der Waals surface area contributed by atoms with E-state index in [4.69, 9.17) is 15.6 Å². The Balaban J connectivity index is 1.61. The lowest BCUT2D eigenvalue weighted by molar-refractivity contribution is -0.157. The molecule has 3 aromatic rings. The zero-order chi connectivity index (χ0) is 25.6. The van der Waals surface area contributed by atoms with Crippen molar-refractivity contribution < 1.29 is 24.1 Å². The first kappa shape index (κ1) is 23.9. The number of ether oxygens (including phenoxy) is 1. The van der Waals surface area contributed by atoms with Crippen molar-refractivity contribution in [3.05, 3.63) is 74.1 Å². The molecule has 0 saturated heterocycles. The number of nitrogens with two attached hydrogens (primary N) is 1. The molecule has 5 rings (SSSR count). The second-order valence-electron chi connectivity index (χ2n) is 8.90. The molecule has 36 heavy (non-hydrogen) atoms. The molecular weight excluding hydrogens is 469 g/mol. The van der Waals surface area contributed by atoms with Crippen molar-refractivity contribution in [3.8, 4) is 11.4 Å². The fourth-order valence-corrected chi connectivity index (χ4v) is 4.69. The summed E-state index contributed by atoms with van der Waals surface area (Å²) in [5.41, 5.74) is 10.1. The number of aliphatic hydroxyl groups is 2. The predicted molar refractivity (Wildman–Crippen MR) is 129 cm³/mol. The highest BCUT2D eigenvalue weighted by atomic mass is 19.1. The predicted octanol–water partition coefficient (Wildman–Crippen LogP) is 0.435. The third-order valence-corrected chi connectivity index (χ3v) is 6.54. The van der Waals surface area contributed by atoms with E-state index in [1.165, 1.54) is 10.6 Å². The topological polar surface area (TPSA) is 152 Å². The lowest BCUT2D eigenvalue weighted by atomic mass is 9.97. The fraction of sp³-hybridized carbons (Fsp3) is 0.320. The van der Waals surface area contributed by atoms with Gasteiger partial charge in [0.05, 0.1) is 35.6 Å². The molecule has 1 unspecified atom stereocenters. The molecule has 0 aliphatic carbocycles. The van der Waals surface area contributed by atoms with E-state index >= 15 is 0 Å². The highest BCUT2D eigenvalue weighted by Crippen LogP contribution is 2.38. The molecular formula is C25H26FN5O5. The largest absolute Gasteiger partial charge is 0.458 e. The summed E-state index contributed by atoms with van der Waals surface area (Å²) in [6, 6.07) is 4.69. The molecule has 2 aliphatic rings. The van der Waals surface area contributed by atoms with E-state index in [0.717, 1.165) is 16.5 Å². The molecule has 2 aromatic heterocycles. The third-order valence-electron chi connectivity index (χ3n) is 6.54. The van der Waals surface area contributed by atoms with Crippen LogP contribution in [0.5, 0.6) is 0 Å². The van der Waals surface area contributed by atoms with Crippen LogP contribution in [0.4, 0.5) is 4.39 Å². The van der Waals surface area contributed by atoms with Crippen LogP contribution in [0.3, 0.4) is 0 Å². The van der Waals surface area contributed by atoms with Crippen LogP contribution < -0.4 is 21.9 Å². The van der Waals surface area contributed by atoms with Gasteiger partial charge in [0.15, 0.2) is 6.10 Å². The highest BCUT2D eigenvalue weighted by molar-refractivity contribution is 5.89. The molecule has 0 bridgehead atoms. The number of aromatic nitrogens is 2. The minimum absolute atomic E-state index is 0.00638. The minimum atomic E-state index is -1.55. The first-order valence-electron chi connectivity index (χ1n) is 11.5. The van der Waals surface area contributed by atoms with E-state index < -0.39 is 17.9 Å². The summed E-state index contributed by atoms with van der Waals surface area (Å²) in [7, 11) is 0. The van der Waals surface area contributed by atoms with E-state index in [1.54, 1.807) is 25.3 Å². The average Bonchev–Trinajstić information content (AvgIpc) is 3.21. The number of esters is 1. The molecule has 4 heterocycles. The molecule has 2 aliphatic heterocycles. The van der Waals surface area contributed by atoms with Gasteiger partial charge in [0.2, 0.25) is 0 Å². The summed E-state index contributed by atoms with van der Waals surface area (Å²) < 4.78 is 21.0. The van der Waals surface area contributed by atoms with Crippen LogP contribution in [0.1, 0.15) is 33.9 Å². The van der Waals surface area contributed by atoms with Crippen LogP contribution in [0, 0.1) is 12.7 Å². The van der Waals surface area contributed by atoms with Gasteiger partial charge in [0.25, 0.3) is 5.56 Å². The second-order valence-corrected chi connectivity index (χ2v) is 8.90. The van der Waals surface area contributed by atoms with Gasteiger partial charge in [-0.2, -0.15) is 0 Å². The fourth-order valence-electron chi connectivity index (χ4n) is 4.69. The van der Waals surface area contributed by atoms with E-state index in [1.807, 2.05) is 0 Å².